The predicted molar refractivity (Wildman–Crippen MR) is 155 cm³/mol. The summed E-state index contributed by atoms with van der Waals surface area (Å²) in [5, 5.41) is 48.3. The van der Waals surface area contributed by atoms with Crippen molar-refractivity contribution in [3.05, 3.63) is 33.2 Å². The molecule has 0 radical (unpaired) electrons. The zero-order valence-corrected chi connectivity index (χ0v) is 25.4. The molecule has 1 heterocycles. The number of carbonyl (C=O) groups is 3. The molecule has 1 amide bonds. The topological polar surface area (TPSA) is 190 Å². The predicted octanol–water partition coefficient (Wildman–Crippen LogP) is 1.43. The number of hydrogen-bond donors (Lipinski definition) is 6. The quantitative estimate of drug-likeness (QED) is 0.193. The highest BCUT2D eigenvalue weighted by molar-refractivity contribution is 6.31. The number of carbonyl (C=O) groups excluding carboxylic acids is 3. The second-order valence-electron chi connectivity index (χ2n) is 12.2. The molecule has 1 aromatic rings. The standard InChI is InChI=1S/C27H36ClN5O7.ClH/c1-26(2,10-32(3)4)9-30-25-20(36)15-12(23(28)31-25)7-11-8-13-17(33(5)6)19(35)16(24(29)39)22(38)27(13,40)21(37)14(11)18(15)34;/h11,13,17,34,36,38,40H,7-10H2,1-6H3,(H2,29,39)(H,30,31);1H/t11-,13-,17-,27-;/m0./s1. The van der Waals surface area contributed by atoms with Crippen LogP contribution in [0.4, 0.5) is 5.82 Å². The van der Waals surface area contributed by atoms with Crippen molar-refractivity contribution in [3.8, 4) is 5.75 Å². The third-order valence-corrected chi connectivity index (χ3v) is 8.33. The monoisotopic (exact) mass is 613 g/mol. The number of anilines is 1. The van der Waals surface area contributed by atoms with Crippen LogP contribution in [0.5, 0.6) is 5.75 Å². The Hall–Kier alpha value is -2.90. The molecule has 3 aliphatic carbocycles. The Kier molecular flexibility index (Phi) is 8.80. The molecular weight excluding hydrogens is 577 g/mol. The number of nitrogens with zero attached hydrogens (tertiary/aromatic N) is 3. The molecule has 0 unspecified atom stereocenters. The lowest BCUT2D eigenvalue weighted by molar-refractivity contribution is -0.153. The molecule has 4 atom stereocenters. The highest BCUT2D eigenvalue weighted by Crippen LogP contribution is 2.53. The molecule has 226 valence electrons. The largest absolute Gasteiger partial charge is 0.508 e. The van der Waals surface area contributed by atoms with Crippen LogP contribution in [0.3, 0.4) is 0 Å². The van der Waals surface area contributed by atoms with Gasteiger partial charge < -0.3 is 36.4 Å². The first kappa shape index (κ1) is 32.6. The van der Waals surface area contributed by atoms with Gasteiger partial charge in [0, 0.05) is 30.1 Å². The van der Waals surface area contributed by atoms with Crippen molar-refractivity contribution in [3.63, 3.8) is 0 Å². The van der Waals surface area contributed by atoms with Crippen LogP contribution in [0, 0.1) is 17.3 Å². The number of nitrogens with two attached hydrogens (primary N) is 1. The van der Waals surface area contributed by atoms with E-state index in [1.807, 2.05) is 32.8 Å². The Morgan fingerprint density at radius 2 is 1.80 bits per heavy atom. The van der Waals surface area contributed by atoms with Crippen molar-refractivity contribution in [1.29, 1.82) is 0 Å². The number of rotatable bonds is 7. The van der Waals surface area contributed by atoms with E-state index in [0.29, 0.717) is 12.1 Å². The van der Waals surface area contributed by atoms with E-state index in [1.165, 1.54) is 4.90 Å². The number of fused-ring (bicyclic) bond motifs is 3. The van der Waals surface area contributed by atoms with Crippen LogP contribution < -0.4 is 11.1 Å². The molecule has 0 bridgehead atoms. The van der Waals surface area contributed by atoms with E-state index in [0.717, 1.165) is 6.54 Å². The first-order valence-corrected chi connectivity index (χ1v) is 13.3. The zero-order chi connectivity index (χ0) is 30.1. The molecule has 3 aliphatic rings. The molecule has 7 N–H and O–H groups in total. The minimum absolute atomic E-state index is 0. The number of amides is 1. The number of aliphatic hydroxyl groups excluding tert-OH is 2. The lowest BCUT2D eigenvalue weighted by Gasteiger charge is -2.50. The van der Waals surface area contributed by atoms with E-state index in [2.05, 4.69) is 10.3 Å². The number of Topliss-reactive ketones (excluding diaryl/α,β-unsaturated/α-hetero) is 2. The number of primary amides is 1. The van der Waals surface area contributed by atoms with E-state index >= 15 is 0 Å². The summed E-state index contributed by atoms with van der Waals surface area (Å²) in [6.45, 7) is 5.17. The fourth-order valence-electron chi connectivity index (χ4n) is 6.51. The van der Waals surface area contributed by atoms with E-state index in [-0.39, 0.29) is 52.8 Å². The number of halogens is 2. The van der Waals surface area contributed by atoms with Crippen molar-refractivity contribution < 1.29 is 34.8 Å². The van der Waals surface area contributed by atoms with Gasteiger partial charge in [-0.15, -0.1) is 12.4 Å². The number of likely N-dealkylation sites (N-methyl/N-ethyl adjacent to an activating group) is 1. The lowest BCUT2D eigenvalue weighted by Crippen LogP contribution is -2.65. The second-order valence-corrected chi connectivity index (χ2v) is 12.5. The fraction of sp³-hybridized carbons (Fsp3) is 0.556. The van der Waals surface area contributed by atoms with Crippen molar-refractivity contribution >= 4 is 53.1 Å². The average molecular weight is 615 g/mol. The molecule has 12 nitrogen and oxygen atoms in total. The van der Waals surface area contributed by atoms with Gasteiger partial charge in [0.05, 0.1) is 11.6 Å². The van der Waals surface area contributed by atoms with Crippen LogP contribution in [0.15, 0.2) is 16.9 Å². The van der Waals surface area contributed by atoms with Gasteiger partial charge in [-0.1, -0.05) is 25.4 Å². The fourth-order valence-corrected chi connectivity index (χ4v) is 6.77. The van der Waals surface area contributed by atoms with Crippen molar-refractivity contribution in [2.45, 2.75) is 38.3 Å². The SMILES string of the molecule is CN(C)CC(C)(C)CNc1nc(Cl)c2c(c1O)C(O)=C1C(=O)[C@]3(O)C(O)=C(C(N)=O)C(=O)[C@@H](N(C)C)[C@@H]3C[C@@H]1C2.Cl. The normalized spacial score (nSPS) is 26.0. The molecule has 0 saturated heterocycles. The Morgan fingerprint density at radius 3 is 2.34 bits per heavy atom. The lowest BCUT2D eigenvalue weighted by atomic mass is 9.57. The Labute approximate surface area is 249 Å². The van der Waals surface area contributed by atoms with Crippen molar-refractivity contribution in [2.24, 2.45) is 23.0 Å². The molecular formula is C27H37Cl2N5O7. The molecule has 0 aromatic carbocycles. The van der Waals surface area contributed by atoms with Crippen LogP contribution in [-0.4, -0.2) is 106 Å². The maximum absolute atomic E-state index is 13.9. The summed E-state index contributed by atoms with van der Waals surface area (Å²) in [6, 6.07) is -1.16. The maximum atomic E-state index is 13.9. The van der Waals surface area contributed by atoms with Crippen LogP contribution in [-0.2, 0) is 20.8 Å². The summed E-state index contributed by atoms with van der Waals surface area (Å²) >= 11 is 6.53. The molecule has 1 saturated carbocycles. The van der Waals surface area contributed by atoms with Crippen LogP contribution in [0.25, 0.3) is 5.76 Å². The summed E-state index contributed by atoms with van der Waals surface area (Å²) in [5.41, 5.74) is 1.52. The van der Waals surface area contributed by atoms with Gasteiger partial charge in [-0.05, 0) is 52.4 Å². The van der Waals surface area contributed by atoms with Gasteiger partial charge in [-0.2, -0.15) is 0 Å². The second kappa shape index (κ2) is 11.1. The van der Waals surface area contributed by atoms with Crippen molar-refractivity contribution in [1.82, 2.24) is 14.8 Å². The smallest absolute Gasteiger partial charge is 0.255 e. The molecule has 1 fully saturated rings. The Balaban J connectivity index is 0.00000462. The highest BCUT2D eigenvalue weighted by atomic mass is 35.5. The minimum atomic E-state index is -2.70. The molecule has 0 aliphatic heterocycles. The summed E-state index contributed by atoms with van der Waals surface area (Å²) < 4.78 is 0. The van der Waals surface area contributed by atoms with Crippen LogP contribution in [0.2, 0.25) is 5.15 Å². The maximum Gasteiger partial charge on any atom is 0.255 e. The highest BCUT2D eigenvalue weighted by Gasteiger charge is 2.64. The van der Waals surface area contributed by atoms with E-state index in [1.54, 1.807) is 14.1 Å². The van der Waals surface area contributed by atoms with Crippen LogP contribution >= 0.6 is 24.0 Å². The minimum Gasteiger partial charge on any atom is -0.508 e. The van der Waals surface area contributed by atoms with Crippen molar-refractivity contribution in [2.75, 3.05) is 46.6 Å². The van der Waals surface area contributed by atoms with Gasteiger partial charge in [0.2, 0.25) is 5.78 Å². The van der Waals surface area contributed by atoms with Gasteiger partial charge in [-0.25, -0.2) is 4.98 Å². The summed E-state index contributed by atoms with van der Waals surface area (Å²) in [6.07, 6.45) is 0.0436. The number of hydrogen-bond acceptors (Lipinski definition) is 11. The number of aromatic nitrogens is 1. The summed E-state index contributed by atoms with van der Waals surface area (Å²) in [5.74, 6) is -7.22. The van der Waals surface area contributed by atoms with Gasteiger partial charge in [0.1, 0.15) is 22.2 Å². The third kappa shape index (κ3) is 5.16. The number of nitrogens with one attached hydrogen (secondary N) is 1. The Bertz CT molecular complexity index is 1370. The average Bonchev–Trinajstić information content (AvgIpc) is 2.81. The van der Waals surface area contributed by atoms with Gasteiger partial charge in [0.15, 0.2) is 23.0 Å². The number of aliphatic hydroxyl groups is 3. The molecule has 14 heteroatoms. The Morgan fingerprint density at radius 1 is 1.20 bits per heavy atom. The van der Waals surface area contributed by atoms with Gasteiger partial charge in [0.25, 0.3) is 5.91 Å². The number of aromatic hydroxyl groups is 1. The van der Waals surface area contributed by atoms with Gasteiger partial charge >= 0.3 is 0 Å². The van der Waals surface area contributed by atoms with Crippen LogP contribution in [0.1, 0.15) is 31.4 Å². The number of pyridine rings is 1. The number of ketones is 2. The molecule has 1 aromatic heterocycles. The third-order valence-electron chi connectivity index (χ3n) is 8.01. The zero-order valence-electron chi connectivity index (χ0n) is 23.8. The first-order chi connectivity index (χ1) is 18.4. The van der Waals surface area contributed by atoms with E-state index < -0.39 is 63.8 Å². The van der Waals surface area contributed by atoms with Gasteiger partial charge in [-0.3, -0.25) is 19.3 Å². The molecule has 4 rings (SSSR count). The summed E-state index contributed by atoms with van der Waals surface area (Å²) in [7, 11) is 6.97. The molecule has 41 heavy (non-hydrogen) atoms. The van der Waals surface area contributed by atoms with E-state index in [4.69, 9.17) is 17.3 Å². The summed E-state index contributed by atoms with van der Waals surface area (Å²) in [4.78, 5) is 47.0. The first-order valence-electron chi connectivity index (χ1n) is 12.9. The molecule has 0 spiro atoms. The van der Waals surface area contributed by atoms with E-state index in [9.17, 15) is 34.8 Å².